The third-order valence-corrected chi connectivity index (χ3v) is 5.27. The van der Waals surface area contributed by atoms with Crippen LogP contribution in [0.4, 0.5) is 5.69 Å². The minimum atomic E-state index is -3.46. The van der Waals surface area contributed by atoms with Gasteiger partial charge in [-0.15, -0.1) is 0 Å². The van der Waals surface area contributed by atoms with E-state index >= 15 is 0 Å². The van der Waals surface area contributed by atoms with Crippen LogP contribution in [-0.4, -0.2) is 59.0 Å². The maximum atomic E-state index is 12.3. The van der Waals surface area contributed by atoms with Crippen molar-refractivity contribution in [2.24, 2.45) is 0 Å². The first-order valence-corrected chi connectivity index (χ1v) is 8.52. The number of hydrogen-bond acceptors (Lipinski definition) is 4. The first-order chi connectivity index (χ1) is 9.30. The molecule has 0 N–H and O–H groups in total. The van der Waals surface area contributed by atoms with Crippen molar-refractivity contribution in [1.29, 1.82) is 0 Å². The lowest BCUT2D eigenvalue weighted by Gasteiger charge is -2.25. The van der Waals surface area contributed by atoms with Crippen molar-refractivity contribution in [3.63, 3.8) is 0 Å². The van der Waals surface area contributed by atoms with Crippen molar-refractivity contribution >= 4 is 31.6 Å². The number of alkyl halides is 1. The van der Waals surface area contributed by atoms with E-state index in [1.54, 1.807) is 19.2 Å². The fourth-order valence-electron chi connectivity index (χ4n) is 1.82. The van der Waals surface area contributed by atoms with E-state index in [4.69, 9.17) is 4.74 Å². The SMILES string of the molecule is COCC(Br)CN(C)c1ccccc1S(=O)(=O)N(C)C. The number of halogens is 1. The van der Waals surface area contributed by atoms with Crippen LogP contribution in [0.3, 0.4) is 0 Å². The van der Waals surface area contributed by atoms with Gasteiger partial charge in [0.2, 0.25) is 10.0 Å². The van der Waals surface area contributed by atoms with E-state index in [1.807, 2.05) is 24.1 Å². The van der Waals surface area contributed by atoms with Crippen molar-refractivity contribution in [1.82, 2.24) is 4.31 Å². The van der Waals surface area contributed by atoms with Gasteiger partial charge in [0.25, 0.3) is 0 Å². The molecule has 0 fully saturated rings. The molecule has 0 aromatic heterocycles. The average Bonchev–Trinajstić information content (AvgIpc) is 2.38. The minimum Gasteiger partial charge on any atom is -0.383 e. The average molecular weight is 365 g/mol. The molecule has 0 radical (unpaired) electrons. The zero-order valence-corrected chi connectivity index (χ0v) is 14.6. The van der Waals surface area contributed by atoms with Crippen LogP contribution < -0.4 is 4.90 Å². The molecule has 1 rings (SSSR count). The summed E-state index contributed by atoms with van der Waals surface area (Å²) in [5.74, 6) is 0. The molecular formula is C13H21BrN2O3S. The number of rotatable bonds is 7. The van der Waals surface area contributed by atoms with E-state index in [-0.39, 0.29) is 4.83 Å². The summed E-state index contributed by atoms with van der Waals surface area (Å²) in [6.07, 6.45) is 0. The Labute approximate surface area is 129 Å². The zero-order chi connectivity index (χ0) is 15.3. The van der Waals surface area contributed by atoms with Crippen LogP contribution in [0.1, 0.15) is 0 Å². The third-order valence-electron chi connectivity index (χ3n) is 2.85. The molecule has 0 saturated heterocycles. The molecule has 1 aromatic rings. The Morgan fingerprint density at radius 3 is 2.40 bits per heavy atom. The quantitative estimate of drug-likeness (QED) is 0.692. The molecule has 0 aliphatic carbocycles. The standard InChI is InChI=1S/C13H21BrN2O3S/c1-15(2)20(17,18)13-8-6-5-7-12(13)16(3)9-11(14)10-19-4/h5-8,11H,9-10H2,1-4H3. The second-order valence-corrected chi connectivity index (χ2v) is 8.10. The van der Waals surface area contributed by atoms with Gasteiger partial charge in [0.05, 0.1) is 17.1 Å². The summed E-state index contributed by atoms with van der Waals surface area (Å²) in [4.78, 5) is 2.35. The predicted octanol–water partition coefficient (Wildman–Crippen LogP) is 1.78. The maximum Gasteiger partial charge on any atom is 0.244 e. The van der Waals surface area contributed by atoms with Crippen LogP contribution in [-0.2, 0) is 14.8 Å². The van der Waals surface area contributed by atoms with E-state index < -0.39 is 10.0 Å². The van der Waals surface area contributed by atoms with Crippen LogP contribution in [0.2, 0.25) is 0 Å². The van der Waals surface area contributed by atoms with E-state index in [9.17, 15) is 8.42 Å². The molecule has 1 atom stereocenters. The second-order valence-electron chi connectivity index (χ2n) is 4.69. The van der Waals surface area contributed by atoms with Gasteiger partial charge in [0.15, 0.2) is 0 Å². The number of hydrogen-bond donors (Lipinski definition) is 0. The zero-order valence-electron chi connectivity index (χ0n) is 12.2. The molecule has 5 nitrogen and oxygen atoms in total. The number of methoxy groups -OCH3 is 1. The van der Waals surface area contributed by atoms with Gasteiger partial charge in [-0.05, 0) is 12.1 Å². The molecule has 0 bridgehead atoms. The van der Waals surface area contributed by atoms with Crippen LogP contribution >= 0.6 is 15.9 Å². The summed E-state index contributed by atoms with van der Waals surface area (Å²) in [5.41, 5.74) is 0.682. The van der Waals surface area contributed by atoms with Gasteiger partial charge in [-0.1, -0.05) is 28.1 Å². The van der Waals surface area contributed by atoms with Gasteiger partial charge in [-0.3, -0.25) is 0 Å². The number of anilines is 1. The number of nitrogens with zero attached hydrogens (tertiary/aromatic N) is 2. The largest absolute Gasteiger partial charge is 0.383 e. The van der Waals surface area contributed by atoms with Gasteiger partial charge in [-0.25, -0.2) is 12.7 Å². The summed E-state index contributed by atoms with van der Waals surface area (Å²) < 4.78 is 31.0. The number of benzene rings is 1. The van der Waals surface area contributed by atoms with Gasteiger partial charge in [0, 0.05) is 34.8 Å². The smallest absolute Gasteiger partial charge is 0.244 e. The molecule has 0 aliphatic rings. The summed E-state index contributed by atoms with van der Waals surface area (Å²) in [6, 6.07) is 7.00. The lowest BCUT2D eigenvalue weighted by atomic mass is 10.3. The topological polar surface area (TPSA) is 49.9 Å². The van der Waals surface area contributed by atoms with E-state index in [0.29, 0.717) is 23.7 Å². The maximum absolute atomic E-state index is 12.3. The first-order valence-electron chi connectivity index (χ1n) is 6.16. The van der Waals surface area contributed by atoms with E-state index in [2.05, 4.69) is 15.9 Å². The molecule has 0 aliphatic heterocycles. The fourth-order valence-corrected chi connectivity index (χ4v) is 3.65. The van der Waals surface area contributed by atoms with Crippen molar-refractivity contribution in [2.45, 2.75) is 9.72 Å². The first kappa shape index (κ1) is 17.4. The second kappa shape index (κ2) is 7.40. The molecular weight excluding hydrogens is 344 g/mol. The number of sulfonamides is 1. The molecule has 1 unspecified atom stereocenters. The Morgan fingerprint density at radius 1 is 1.25 bits per heavy atom. The molecule has 0 heterocycles. The van der Waals surface area contributed by atoms with E-state index in [0.717, 1.165) is 0 Å². The Morgan fingerprint density at radius 2 is 1.85 bits per heavy atom. The van der Waals surface area contributed by atoms with Crippen molar-refractivity contribution in [3.8, 4) is 0 Å². The van der Waals surface area contributed by atoms with Crippen LogP contribution in [0, 0.1) is 0 Å². The number of para-hydroxylation sites is 1. The summed E-state index contributed by atoms with van der Waals surface area (Å²) in [6.45, 7) is 1.21. The third kappa shape index (κ3) is 4.18. The Bertz CT molecular complexity index is 534. The molecule has 0 spiro atoms. The van der Waals surface area contributed by atoms with Crippen molar-refractivity contribution < 1.29 is 13.2 Å². The Hall–Kier alpha value is -0.630. The summed E-state index contributed by atoms with van der Waals surface area (Å²) in [5, 5.41) is 0. The molecule has 20 heavy (non-hydrogen) atoms. The molecule has 0 amide bonds. The van der Waals surface area contributed by atoms with Gasteiger partial charge in [0.1, 0.15) is 4.90 Å². The summed E-state index contributed by atoms with van der Waals surface area (Å²) >= 11 is 3.51. The minimum absolute atomic E-state index is 0.132. The number of ether oxygens (including phenoxy) is 1. The Balaban J connectivity index is 3.08. The van der Waals surface area contributed by atoms with Crippen molar-refractivity contribution in [3.05, 3.63) is 24.3 Å². The summed E-state index contributed by atoms with van der Waals surface area (Å²) in [7, 11) is 3.12. The van der Waals surface area contributed by atoms with E-state index in [1.165, 1.54) is 18.4 Å². The molecule has 0 saturated carbocycles. The molecule has 7 heteroatoms. The van der Waals surface area contributed by atoms with Crippen LogP contribution in [0.25, 0.3) is 0 Å². The predicted molar refractivity (Wildman–Crippen MR) is 85.2 cm³/mol. The highest BCUT2D eigenvalue weighted by atomic mass is 79.9. The Kier molecular flexibility index (Phi) is 6.44. The van der Waals surface area contributed by atoms with Crippen molar-refractivity contribution in [2.75, 3.05) is 46.3 Å². The highest BCUT2D eigenvalue weighted by molar-refractivity contribution is 9.09. The molecule has 114 valence electrons. The highest BCUT2D eigenvalue weighted by Gasteiger charge is 2.23. The van der Waals surface area contributed by atoms with Gasteiger partial charge >= 0.3 is 0 Å². The molecule has 1 aromatic carbocycles. The lowest BCUT2D eigenvalue weighted by Crippen LogP contribution is -2.31. The van der Waals surface area contributed by atoms with Gasteiger partial charge < -0.3 is 9.64 Å². The fraction of sp³-hybridized carbons (Fsp3) is 0.538. The van der Waals surface area contributed by atoms with Crippen LogP contribution in [0.5, 0.6) is 0 Å². The lowest BCUT2D eigenvalue weighted by molar-refractivity contribution is 0.201. The normalized spacial score (nSPS) is 13.5. The monoisotopic (exact) mass is 364 g/mol. The van der Waals surface area contributed by atoms with Gasteiger partial charge in [-0.2, -0.15) is 0 Å². The van der Waals surface area contributed by atoms with Crippen LogP contribution in [0.15, 0.2) is 29.2 Å². The highest BCUT2D eigenvalue weighted by Crippen LogP contribution is 2.26.